The summed E-state index contributed by atoms with van der Waals surface area (Å²) < 4.78 is 31.3. The number of hydrogen-bond acceptors (Lipinski definition) is 9. The van der Waals surface area contributed by atoms with E-state index in [2.05, 4.69) is 24.3 Å². The van der Waals surface area contributed by atoms with Crippen molar-refractivity contribution in [3.63, 3.8) is 0 Å². The van der Waals surface area contributed by atoms with E-state index in [0.29, 0.717) is 63.4 Å². The van der Waals surface area contributed by atoms with Crippen LogP contribution < -0.4 is 33.8 Å². The van der Waals surface area contributed by atoms with Gasteiger partial charge in [-0.15, -0.1) is 0 Å². The summed E-state index contributed by atoms with van der Waals surface area (Å²) in [5, 5.41) is 2.29. The number of hydrogen-bond donors (Lipinski definition) is 0. The SMILES string of the molecule is CCOC(=O)C1=C(C)N=c2s/c(=C/c3ccc(OCc4cccc5ccccc45)c(OCC)c3)c(=O)n2[C@@H]1c1cccc(OC)c1OCC. The van der Waals surface area contributed by atoms with Crippen LogP contribution in [0.5, 0.6) is 23.0 Å². The molecule has 0 spiro atoms. The number of ether oxygens (including phenoxy) is 5. The fraction of sp³-hybridized carbons (Fsp3) is 0.256. The summed E-state index contributed by atoms with van der Waals surface area (Å²) in [6.07, 6.45) is 1.80. The molecule has 49 heavy (non-hydrogen) atoms. The third kappa shape index (κ3) is 6.69. The number of benzene rings is 4. The van der Waals surface area contributed by atoms with Crippen LogP contribution in [0.1, 0.15) is 50.4 Å². The van der Waals surface area contributed by atoms with Crippen LogP contribution in [0.4, 0.5) is 0 Å². The molecule has 1 aliphatic rings. The van der Waals surface area contributed by atoms with Gasteiger partial charge in [0, 0.05) is 5.56 Å². The molecule has 6 rings (SSSR count). The number of esters is 1. The van der Waals surface area contributed by atoms with Crippen molar-refractivity contribution in [3.8, 4) is 23.0 Å². The topological polar surface area (TPSA) is 97.6 Å². The molecule has 1 aliphatic heterocycles. The van der Waals surface area contributed by atoms with Crippen molar-refractivity contribution in [2.24, 2.45) is 4.99 Å². The van der Waals surface area contributed by atoms with E-state index >= 15 is 0 Å². The number of carbonyl (C=O) groups excluding carboxylic acids is 1. The lowest BCUT2D eigenvalue weighted by Gasteiger charge is -2.26. The molecule has 252 valence electrons. The van der Waals surface area contributed by atoms with E-state index in [1.807, 2.05) is 62.4 Å². The van der Waals surface area contributed by atoms with Crippen LogP contribution in [-0.4, -0.2) is 37.5 Å². The molecular weight excluding hydrogens is 641 g/mol. The molecule has 0 saturated heterocycles. The number of carbonyl (C=O) groups is 1. The Labute approximate surface area is 288 Å². The highest BCUT2D eigenvalue weighted by Crippen LogP contribution is 2.41. The van der Waals surface area contributed by atoms with Gasteiger partial charge in [0.25, 0.3) is 5.56 Å². The number of allylic oxidation sites excluding steroid dienone is 1. The predicted molar refractivity (Wildman–Crippen MR) is 190 cm³/mol. The zero-order valence-corrected chi connectivity index (χ0v) is 29.0. The zero-order chi connectivity index (χ0) is 34.5. The average Bonchev–Trinajstić information content (AvgIpc) is 3.41. The highest BCUT2D eigenvalue weighted by atomic mass is 32.1. The summed E-state index contributed by atoms with van der Waals surface area (Å²) in [7, 11) is 1.55. The second kappa shape index (κ2) is 14.8. The van der Waals surface area contributed by atoms with Crippen molar-refractivity contribution < 1.29 is 28.5 Å². The molecule has 0 N–H and O–H groups in total. The lowest BCUT2D eigenvalue weighted by Crippen LogP contribution is -2.40. The van der Waals surface area contributed by atoms with Crippen LogP contribution >= 0.6 is 11.3 Å². The van der Waals surface area contributed by atoms with Gasteiger partial charge in [-0.2, -0.15) is 0 Å². The summed E-state index contributed by atoms with van der Waals surface area (Å²) >= 11 is 1.25. The highest BCUT2D eigenvalue weighted by Gasteiger charge is 2.36. The van der Waals surface area contributed by atoms with Crippen molar-refractivity contribution in [1.82, 2.24) is 4.57 Å². The maximum absolute atomic E-state index is 14.3. The van der Waals surface area contributed by atoms with Crippen LogP contribution in [0, 0.1) is 0 Å². The van der Waals surface area contributed by atoms with Crippen molar-refractivity contribution >= 4 is 34.2 Å². The monoisotopic (exact) mass is 678 g/mol. The first kappa shape index (κ1) is 33.5. The highest BCUT2D eigenvalue weighted by molar-refractivity contribution is 7.07. The Morgan fingerprint density at radius 3 is 2.43 bits per heavy atom. The summed E-state index contributed by atoms with van der Waals surface area (Å²) in [5.41, 5.74) is 2.84. The number of para-hydroxylation sites is 1. The molecule has 0 radical (unpaired) electrons. The van der Waals surface area contributed by atoms with Crippen LogP contribution in [-0.2, 0) is 16.1 Å². The Balaban J connectivity index is 1.42. The largest absolute Gasteiger partial charge is 0.493 e. The van der Waals surface area contributed by atoms with E-state index < -0.39 is 12.0 Å². The van der Waals surface area contributed by atoms with E-state index in [-0.39, 0.29) is 17.7 Å². The van der Waals surface area contributed by atoms with Crippen molar-refractivity contribution in [1.29, 1.82) is 0 Å². The van der Waals surface area contributed by atoms with Crippen molar-refractivity contribution in [2.45, 2.75) is 40.3 Å². The van der Waals surface area contributed by atoms with Crippen LogP contribution in [0.25, 0.3) is 16.8 Å². The first-order valence-electron chi connectivity index (χ1n) is 16.2. The number of aromatic nitrogens is 1. The van der Waals surface area contributed by atoms with Crippen molar-refractivity contribution in [3.05, 3.63) is 127 Å². The van der Waals surface area contributed by atoms with Gasteiger partial charge in [0.2, 0.25) is 0 Å². The second-order valence-corrected chi connectivity index (χ2v) is 12.2. The minimum Gasteiger partial charge on any atom is -0.493 e. The standard InChI is InChI=1S/C39H38N2O7S/c1-6-45-32-21-25(19-20-30(32)48-23-27-15-11-14-26-13-9-10-16-28(26)27)22-33-37(42)41-35(29-17-12-18-31(44-5)36(29)46-7-2)34(38(43)47-8-3)24(4)40-39(41)49-33/h9-22,35H,6-8,23H2,1-5H3/b33-22+/t35-/m1/s1. The fourth-order valence-corrected chi connectivity index (χ4v) is 7.07. The third-order valence-electron chi connectivity index (χ3n) is 8.16. The van der Waals surface area contributed by atoms with Gasteiger partial charge in [0.05, 0.1) is 42.7 Å². The Bertz CT molecular complexity index is 2230. The molecule has 0 fully saturated rings. The lowest BCUT2D eigenvalue weighted by molar-refractivity contribution is -0.139. The minimum atomic E-state index is -0.849. The Hall–Kier alpha value is -5.35. The van der Waals surface area contributed by atoms with Gasteiger partial charge in [0.1, 0.15) is 12.6 Å². The summed E-state index contributed by atoms with van der Waals surface area (Å²) in [4.78, 5) is 32.9. The van der Waals surface area contributed by atoms with Gasteiger partial charge in [0.15, 0.2) is 27.8 Å². The van der Waals surface area contributed by atoms with E-state index in [9.17, 15) is 9.59 Å². The Morgan fingerprint density at radius 2 is 1.65 bits per heavy atom. The molecule has 5 aromatic rings. The summed E-state index contributed by atoms with van der Waals surface area (Å²) in [6, 6.07) is 24.6. The number of thiazole rings is 1. The molecule has 2 heterocycles. The van der Waals surface area contributed by atoms with Crippen LogP contribution in [0.15, 0.2) is 99.9 Å². The summed E-state index contributed by atoms with van der Waals surface area (Å²) in [5.74, 6) is 1.56. The molecule has 0 bridgehead atoms. The molecule has 1 aromatic heterocycles. The third-order valence-corrected chi connectivity index (χ3v) is 9.14. The summed E-state index contributed by atoms with van der Waals surface area (Å²) in [6.45, 7) is 8.62. The number of nitrogens with zero attached hydrogens (tertiary/aromatic N) is 2. The van der Waals surface area contributed by atoms with Gasteiger partial charge in [-0.1, -0.05) is 72.0 Å². The molecule has 10 heteroatoms. The van der Waals surface area contributed by atoms with Crippen LogP contribution in [0.3, 0.4) is 0 Å². The van der Waals surface area contributed by atoms with Gasteiger partial charge in [-0.25, -0.2) is 9.79 Å². The molecule has 4 aromatic carbocycles. The van der Waals surface area contributed by atoms with Gasteiger partial charge >= 0.3 is 5.97 Å². The Morgan fingerprint density at radius 1 is 0.878 bits per heavy atom. The van der Waals surface area contributed by atoms with Crippen LogP contribution in [0.2, 0.25) is 0 Å². The molecule has 9 nitrogen and oxygen atoms in total. The molecule has 1 atom stereocenters. The number of rotatable bonds is 12. The molecule has 0 aliphatic carbocycles. The first-order valence-corrected chi connectivity index (χ1v) is 17.1. The number of methoxy groups -OCH3 is 1. The van der Waals surface area contributed by atoms with Gasteiger partial charge in [-0.3, -0.25) is 9.36 Å². The fourth-order valence-electron chi connectivity index (χ4n) is 6.02. The average molecular weight is 679 g/mol. The van der Waals surface area contributed by atoms with E-state index in [1.165, 1.54) is 15.9 Å². The maximum Gasteiger partial charge on any atom is 0.338 e. The Kier molecular flexibility index (Phi) is 10.1. The molecule has 0 saturated carbocycles. The quantitative estimate of drug-likeness (QED) is 0.142. The number of fused-ring (bicyclic) bond motifs is 2. The first-order chi connectivity index (χ1) is 23.9. The lowest BCUT2D eigenvalue weighted by atomic mass is 9.94. The maximum atomic E-state index is 14.3. The van der Waals surface area contributed by atoms with Gasteiger partial charge in [-0.05, 0) is 73.9 Å². The second-order valence-electron chi connectivity index (χ2n) is 11.2. The molecular formula is C39H38N2O7S. The van der Waals surface area contributed by atoms with Gasteiger partial charge < -0.3 is 23.7 Å². The smallest absolute Gasteiger partial charge is 0.338 e. The minimum absolute atomic E-state index is 0.174. The predicted octanol–water partition coefficient (Wildman–Crippen LogP) is 6.34. The molecule has 0 unspecified atom stereocenters. The normalized spacial score (nSPS) is 14.3. The van der Waals surface area contributed by atoms with E-state index in [1.54, 1.807) is 33.1 Å². The van der Waals surface area contributed by atoms with E-state index in [0.717, 1.165) is 21.9 Å². The molecule has 0 amide bonds. The van der Waals surface area contributed by atoms with E-state index in [4.69, 9.17) is 28.7 Å². The van der Waals surface area contributed by atoms with Crippen molar-refractivity contribution in [2.75, 3.05) is 26.9 Å². The zero-order valence-electron chi connectivity index (χ0n) is 28.1.